The zero-order valence-corrected chi connectivity index (χ0v) is 15.7. The van der Waals surface area contributed by atoms with Crippen LogP contribution in [0.15, 0.2) is 23.3 Å². The maximum absolute atomic E-state index is 5.23. The first-order valence-corrected chi connectivity index (χ1v) is 7.17. The van der Waals surface area contributed by atoms with E-state index in [-0.39, 0.29) is 24.0 Å². The molecule has 0 spiro atoms. The Bertz CT molecular complexity index is 422. The molecule has 0 aromatic carbocycles. The molecule has 0 saturated carbocycles. The summed E-state index contributed by atoms with van der Waals surface area (Å²) in [6, 6.07) is 3.90. The lowest BCUT2D eigenvalue weighted by Gasteiger charge is -2.17. The minimum absolute atomic E-state index is 0. The van der Waals surface area contributed by atoms with Gasteiger partial charge in [-0.1, -0.05) is 32.8 Å². The maximum Gasteiger partial charge on any atom is 0.218 e. The molecule has 1 aromatic rings. The van der Waals surface area contributed by atoms with E-state index in [4.69, 9.17) is 4.74 Å². The van der Waals surface area contributed by atoms with Crippen molar-refractivity contribution in [1.29, 1.82) is 0 Å². The Morgan fingerprint density at radius 2 is 2.05 bits per heavy atom. The highest BCUT2D eigenvalue weighted by atomic mass is 127. The zero-order valence-electron chi connectivity index (χ0n) is 13.3. The maximum atomic E-state index is 5.23. The summed E-state index contributed by atoms with van der Waals surface area (Å²) in [7, 11) is 3.41. The van der Waals surface area contributed by atoms with Gasteiger partial charge in [-0.25, -0.2) is 4.98 Å². The van der Waals surface area contributed by atoms with E-state index in [9.17, 15) is 0 Å². The third-order valence-electron chi connectivity index (χ3n) is 3.43. The Balaban J connectivity index is 0.00000400. The molecule has 0 unspecified atom stereocenters. The van der Waals surface area contributed by atoms with Gasteiger partial charge in [0.2, 0.25) is 5.88 Å². The summed E-state index contributed by atoms with van der Waals surface area (Å²) in [4.78, 5) is 8.41. The minimum Gasteiger partial charge on any atom is -0.481 e. The average Bonchev–Trinajstić information content (AvgIpc) is 2.51. The van der Waals surface area contributed by atoms with Gasteiger partial charge >= 0.3 is 0 Å². The number of nitrogens with zero attached hydrogens (tertiary/aromatic N) is 2. The van der Waals surface area contributed by atoms with Crippen LogP contribution >= 0.6 is 24.0 Å². The summed E-state index contributed by atoms with van der Waals surface area (Å²) < 4.78 is 5.23. The zero-order chi connectivity index (χ0) is 14.8. The molecule has 0 fully saturated rings. The second-order valence-electron chi connectivity index (χ2n) is 4.66. The molecule has 1 aromatic heterocycles. The van der Waals surface area contributed by atoms with E-state index in [1.54, 1.807) is 20.4 Å². The molecule has 1 rings (SSSR count). The fourth-order valence-corrected chi connectivity index (χ4v) is 1.96. The van der Waals surface area contributed by atoms with Crippen LogP contribution in [0.4, 0.5) is 0 Å². The molecule has 0 amide bonds. The highest BCUT2D eigenvalue weighted by molar-refractivity contribution is 14.0. The number of hydrogen-bond acceptors (Lipinski definition) is 3. The molecule has 0 aliphatic rings. The Labute approximate surface area is 145 Å². The Kier molecular flexibility index (Phi) is 11.0. The van der Waals surface area contributed by atoms with Crippen LogP contribution in [0.1, 0.15) is 32.3 Å². The smallest absolute Gasteiger partial charge is 0.218 e. The van der Waals surface area contributed by atoms with Gasteiger partial charge in [-0.05, 0) is 12.0 Å². The van der Waals surface area contributed by atoms with Crippen LogP contribution in [0, 0.1) is 5.92 Å². The lowest BCUT2D eigenvalue weighted by Crippen LogP contribution is -2.39. The van der Waals surface area contributed by atoms with Crippen molar-refractivity contribution in [1.82, 2.24) is 15.6 Å². The normalized spacial score (nSPS) is 11.0. The Morgan fingerprint density at radius 1 is 1.33 bits per heavy atom. The van der Waals surface area contributed by atoms with E-state index in [1.807, 2.05) is 12.1 Å². The van der Waals surface area contributed by atoms with Gasteiger partial charge in [-0.15, -0.1) is 24.0 Å². The second kappa shape index (κ2) is 11.6. The number of guanidine groups is 1. The molecule has 0 aliphatic heterocycles. The van der Waals surface area contributed by atoms with Crippen molar-refractivity contribution >= 4 is 29.9 Å². The fraction of sp³-hybridized carbons (Fsp3) is 0.600. The first kappa shape index (κ1) is 19.9. The standard InChI is InChI=1S/C15H26N4O.HI/c1-5-12(6-2)10-18-15(16-3)19-11-13-8-7-9-17-14(13)20-4;/h7-9,12H,5-6,10-11H2,1-4H3,(H2,16,18,19);1H. The Hall–Kier alpha value is -1.05. The predicted octanol–water partition coefficient (Wildman–Crippen LogP) is 2.81. The molecule has 120 valence electrons. The number of methoxy groups -OCH3 is 1. The molecule has 0 bridgehead atoms. The van der Waals surface area contributed by atoms with E-state index < -0.39 is 0 Å². The van der Waals surface area contributed by atoms with Crippen molar-refractivity contribution in [2.24, 2.45) is 10.9 Å². The van der Waals surface area contributed by atoms with E-state index in [0.717, 1.165) is 18.1 Å². The quantitative estimate of drug-likeness (QED) is 0.416. The lowest BCUT2D eigenvalue weighted by molar-refractivity contribution is 0.392. The summed E-state index contributed by atoms with van der Waals surface area (Å²) in [6.07, 6.45) is 4.08. The predicted molar refractivity (Wildman–Crippen MR) is 98.5 cm³/mol. The van der Waals surface area contributed by atoms with Crippen LogP contribution < -0.4 is 15.4 Å². The number of pyridine rings is 1. The van der Waals surface area contributed by atoms with Gasteiger partial charge in [0, 0.05) is 31.9 Å². The molecule has 0 saturated heterocycles. The third kappa shape index (κ3) is 6.97. The molecule has 0 aliphatic carbocycles. The van der Waals surface area contributed by atoms with Gasteiger partial charge < -0.3 is 15.4 Å². The fourth-order valence-electron chi connectivity index (χ4n) is 1.96. The number of rotatable bonds is 7. The van der Waals surface area contributed by atoms with Gasteiger partial charge in [0.25, 0.3) is 0 Å². The number of hydrogen-bond donors (Lipinski definition) is 2. The Morgan fingerprint density at radius 3 is 2.62 bits per heavy atom. The number of nitrogens with one attached hydrogen (secondary N) is 2. The van der Waals surface area contributed by atoms with Crippen LogP contribution in [0.5, 0.6) is 5.88 Å². The minimum atomic E-state index is 0. The van der Waals surface area contributed by atoms with Gasteiger partial charge in [-0.3, -0.25) is 4.99 Å². The molecular formula is C15H27IN4O. The highest BCUT2D eigenvalue weighted by Gasteiger charge is 2.07. The molecule has 0 radical (unpaired) electrons. The summed E-state index contributed by atoms with van der Waals surface area (Å²) in [5.41, 5.74) is 1.01. The molecule has 1 heterocycles. The van der Waals surface area contributed by atoms with Crippen LogP contribution in [0.3, 0.4) is 0 Å². The monoisotopic (exact) mass is 406 g/mol. The topological polar surface area (TPSA) is 58.5 Å². The first-order valence-electron chi connectivity index (χ1n) is 7.17. The summed E-state index contributed by atoms with van der Waals surface area (Å²) in [5, 5.41) is 6.64. The van der Waals surface area contributed by atoms with Crippen LogP contribution in [0.25, 0.3) is 0 Å². The van der Waals surface area contributed by atoms with E-state index in [0.29, 0.717) is 18.3 Å². The van der Waals surface area contributed by atoms with Crippen molar-refractivity contribution in [2.75, 3.05) is 20.7 Å². The van der Waals surface area contributed by atoms with Crippen molar-refractivity contribution < 1.29 is 4.74 Å². The summed E-state index contributed by atoms with van der Waals surface area (Å²) in [6.45, 7) is 6.01. The molecule has 2 N–H and O–H groups in total. The molecule has 5 nitrogen and oxygen atoms in total. The van der Waals surface area contributed by atoms with Crippen molar-refractivity contribution in [3.63, 3.8) is 0 Å². The van der Waals surface area contributed by atoms with Crippen LogP contribution in [-0.2, 0) is 6.54 Å². The highest BCUT2D eigenvalue weighted by Crippen LogP contribution is 2.12. The molecule has 0 atom stereocenters. The van der Waals surface area contributed by atoms with Gasteiger partial charge in [0.05, 0.1) is 7.11 Å². The molecule has 21 heavy (non-hydrogen) atoms. The molecular weight excluding hydrogens is 379 g/mol. The average molecular weight is 406 g/mol. The third-order valence-corrected chi connectivity index (χ3v) is 3.43. The van der Waals surface area contributed by atoms with Gasteiger partial charge in [0.1, 0.15) is 0 Å². The summed E-state index contributed by atoms with van der Waals surface area (Å²) >= 11 is 0. The summed E-state index contributed by atoms with van der Waals surface area (Å²) in [5.74, 6) is 2.14. The molecule has 6 heteroatoms. The van der Waals surface area contributed by atoms with Gasteiger partial charge in [-0.2, -0.15) is 0 Å². The van der Waals surface area contributed by atoms with Gasteiger partial charge in [0.15, 0.2) is 5.96 Å². The first-order chi connectivity index (χ1) is 9.74. The number of halogens is 1. The van der Waals surface area contributed by atoms with E-state index in [1.165, 1.54) is 12.8 Å². The number of aromatic nitrogens is 1. The van der Waals surface area contributed by atoms with Crippen LogP contribution in [0.2, 0.25) is 0 Å². The van der Waals surface area contributed by atoms with Crippen molar-refractivity contribution in [3.8, 4) is 5.88 Å². The van der Waals surface area contributed by atoms with Crippen molar-refractivity contribution in [2.45, 2.75) is 33.2 Å². The van der Waals surface area contributed by atoms with Crippen LogP contribution in [-0.4, -0.2) is 31.6 Å². The van der Waals surface area contributed by atoms with E-state index in [2.05, 4.69) is 34.5 Å². The van der Waals surface area contributed by atoms with Crippen molar-refractivity contribution in [3.05, 3.63) is 23.9 Å². The SMILES string of the molecule is CCC(CC)CNC(=NC)NCc1cccnc1OC.I. The second-order valence-corrected chi connectivity index (χ2v) is 4.66. The lowest BCUT2D eigenvalue weighted by atomic mass is 10.0. The van der Waals surface area contributed by atoms with E-state index >= 15 is 0 Å². The number of aliphatic imine (C=N–C) groups is 1. The largest absolute Gasteiger partial charge is 0.481 e. The number of ether oxygens (including phenoxy) is 1.